The molecule has 1 aliphatic heterocycles. The summed E-state index contributed by atoms with van der Waals surface area (Å²) in [6.45, 7) is 11.6. The molecule has 0 radical (unpaired) electrons. The Bertz CT molecular complexity index is 1020. The number of rotatable bonds is 4. The minimum absolute atomic E-state index is 0.0702. The van der Waals surface area contributed by atoms with Crippen LogP contribution in [0.1, 0.15) is 55.4 Å². The SMILES string of the molecule is CC(c1cccnc1)N1CCN(C(=O)c2cn(-c3ccccc3)nc2C(C)(C)C)CC1. The van der Waals surface area contributed by atoms with E-state index in [0.717, 1.165) is 24.5 Å². The van der Waals surface area contributed by atoms with Crippen molar-refractivity contribution in [3.63, 3.8) is 0 Å². The molecule has 1 unspecified atom stereocenters. The first-order valence-corrected chi connectivity index (χ1v) is 10.9. The monoisotopic (exact) mass is 417 g/mol. The standard InChI is InChI=1S/C25H31N5O/c1-19(20-9-8-12-26-17-20)28-13-15-29(16-14-28)24(31)22-18-30(21-10-6-5-7-11-21)27-23(22)25(2,3)4/h5-12,17-19H,13-16H2,1-4H3. The number of benzene rings is 1. The molecule has 0 N–H and O–H groups in total. The van der Waals surface area contributed by atoms with Gasteiger partial charge in [0, 0.05) is 56.2 Å². The fourth-order valence-electron chi connectivity index (χ4n) is 4.11. The number of amides is 1. The van der Waals surface area contributed by atoms with E-state index >= 15 is 0 Å². The Morgan fingerprint density at radius 1 is 1.00 bits per heavy atom. The molecule has 0 bridgehead atoms. The quantitative estimate of drug-likeness (QED) is 0.642. The summed E-state index contributed by atoms with van der Waals surface area (Å²) in [6, 6.07) is 14.3. The van der Waals surface area contributed by atoms with Crippen LogP contribution in [-0.2, 0) is 5.41 Å². The molecule has 0 aliphatic carbocycles. The highest BCUT2D eigenvalue weighted by atomic mass is 16.2. The lowest BCUT2D eigenvalue weighted by molar-refractivity contribution is 0.0579. The zero-order valence-corrected chi connectivity index (χ0v) is 18.8. The van der Waals surface area contributed by atoms with Gasteiger partial charge in [0.25, 0.3) is 5.91 Å². The lowest BCUT2D eigenvalue weighted by Gasteiger charge is -2.38. The summed E-state index contributed by atoms with van der Waals surface area (Å²) in [4.78, 5) is 22.1. The largest absolute Gasteiger partial charge is 0.336 e. The van der Waals surface area contributed by atoms with Crippen molar-refractivity contribution in [2.24, 2.45) is 0 Å². The van der Waals surface area contributed by atoms with E-state index in [1.165, 1.54) is 5.56 Å². The van der Waals surface area contributed by atoms with Gasteiger partial charge in [-0.15, -0.1) is 0 Å². The van der Waals surface area contributed by atoms with Gasteiger partial charge in [-0.05, 0) is 30.7 Å². The van der Waals surface area contributed by atoms with E-state index in [0.29, 0.717) is 18.7 Å². The van der Waals surface area contributed by atoms with Gasteiger partial charge in [-0.2, -0.15) is 5.10 Å². The zero-order valence-electron chi connectivity index (χ0n) is 18.8. The molecular formula is C25H31N5O. The Kier molecular flexibility index (Phi) is 5.92. The Hall–Kier alpha value is -2.99. The highest BCUT2D eigenvalue weighted by Crippen LogP contribution is 2.28. The molecule has 1 atom stereocenters. The van der Waals surface area contributed by atoms with Gasteiger partial charge in [-0.25, -0.2) is 4.68 Å². The molecule has 6 heteroatoms. The number of aromatic nitrogens is 3. The summed E-state index contributed by atoms with van der Waals surface area (Å²) in [6.07, 6.45) is 5.62. The maximum absolute atomic E-state index is 13.5. The van der Waals surface area contributed by atoms with Crippen molar-refractivity contribution >= 4 is 5.91 Å². The van der Waals surface area contributed by atoms with Gasteiger partial charge >= 0.3 is 0 Å². The van der Waals surface area contributed by atoms with E-state index in [1.807, 2.05) is 58.4 Å². The molecule has 1 amide bonds. The summed E-state index contributed by atoms with van der Waals surface area (Å²) in [5.41, 5.74) is 3.49. The van der Waals surface area contributed by atoms with Gasteiger partial charge in [0.05, 0.1) is 16.9 Å². The molecule has 1 aromatic carbocycles. The first-order chi connectivity index (χ1) is 14.8. The molecule has 3 aromatic rings. The molecule has 0 spiro atoms. The minimum Gasteiger partial charge on any atom is -0.336 e. The smallest absolute Gasteiger partial charge is 0.257 e. The summed E-state index contributed by atoms with van der Waals surface area (Å²) in [5, 5.41) is 4.80. The van der Waals surface area contributed by atoms with E-state index in [9.17, 15) is 4.79 Å². The Labute approximate surface area is 184 Å². The first kappa shape index (κ1) is 21.2. The number of hydrogen-bond donors (Lipinski definition) is 0. The molecule has 162 valence electrons. The van der Waals surface area contributed by atoms with Gasteiger partial charge in [-0.3, -0.25) is 14.7 Å². The highest BCUT2D eigenvalue weighted by Gasteiger charge is 2.31. The van der Waals surface area contributed by atoms with E-state index in [1.54, 1.807) is 6.20 Å². The van der Waals surface area contributed by atoms with Crippen LogP contribution in [0.25, 0.3) is 5.69 Å². The van der Waals surface area contributed by atoms with Gasteiger partial charge in [-0.1, -0.05) is 45.0 Å². The lowest BCUT2D eigenvalue weighted by atomic mass is 9.89. The van der Waals surface area contributed by atoms with Gasteiger partial charge < -0.3 is 4.90 Å². The fraction of sp³-hybridized carbons (Fsp3) is 0.400. The third kappa shape index (κ3) is 4.54. The van der Waals surface area contributed by atoms with Crippen LogP contribution in [0.3, 0.4) is 0 Å². The van der Waals surface area contributed by atoms with Crippen molar-refractivity contribution in [2.75, 3.05) is 26.2 Å². The van der Waals surface area contributed by atoms with Crippen molar-refractivity contribution in [1.29, 1.82) is 0 Å². The molecule has 4 rings (SSSR count). The van der Waals surface area contributed by atoms with Crippen molar-refractivity contribution < 1.29 is 4.79 Å². The summed E-state index contributed by atoms with van der Waals surface area (Å²) < 4.78 is 1.83. The van der Waals surface area contributed by atoms with Crippen LogP contribution in [0.2, 0.25) is 0 Å². The number of hydrogen-bond acceptors (Lipinski definition) is 4. The van der Waals surface area contributed by atoms with Crippen LogP contribution < -0.4 is 0 Å². The molecule has 3 heterocycles. The van der Waals surface area contributed by atoms with Crippen LogP contribution in [0.15, 0.2) is 61.1 Å². The highest BCUT2D eigenvalue weighted by molar-refractivity contribution is 5.95. The van der Waals surface area contributed by atoms with Crippen LogP contribution in [0.4, 0.5) is 0 Å². The second-order valence-corrected chi connectivity index (χ2v) is 9.21. The number of carbonyl (C=O) groups is 1. The number of para-hydroxylation sites is 1. The molecule has 1 fully saturated rings. The Morgan fingerprint density at radius 3 is 2.32 bits per heavy atom. The van der Waals surface area contributed by atoms with Crippen molar-refractivity contribution in [3.05, 3.63) is 77.9 Å². The van der Waals surface area contributed by atoms with Crippen LogP contribution in [0.5, 0.6) is 0 Å². The van der Waals surface area contributed by atoms with E-state index in [-0.39, 0.29) is 17.4 Å². The maximum atomic E-state index is 13.5. The summed E-state index contributed by atoms with van der Waals surface area (Å²) in [7, 11) is 0. The van der Waals surface area contributed by atoms with Crippen molar-refractivity contribution in [3.8, 4) is 5.69 Å². The second-order valence-electron chi connectivity index (χ2n) is 9.21. The maximum Gasteiger partial charge on any atom is 0.257 e. The third-order valence-electron chi connectivity index (χ3n) is 5.99. The topological polar surface area (TPSA) is 54.3 Å². The van der Waals surface area contributed by atoms with Gasteiger partial charge in [0.1, 0.15) is 0 Å². The molecule has 31 heavy (non-hydrogen) atoms. The van der Waals surface area contributed by atoms with E-state index in [4.69, 9.17) is 5.10 Å². The van der Waals surface area contributed by atoms with Gasteiger partial charge in [0.15, 0.2) is 0 Å². The first-order valence-electron chi connectivity index (χ1n) is 10.9. The van der Waals surface area contributed by atoms with Crippen molar-refractivity contribution in [2.45, 2.75) is 39.2 Å². The molecular weight excluding hydrogens is 386 g/mol. The minimum atomic E-state index is -0.221. The van der Waals surface area contributed by atoms with Crippen molar-refractivity contribution in [1.82, 2.24) is 24.6 Å². The molecule has 6 nitrogen and oxygen atoms in total. The predicted octanol–water partition coefficient (Wildman–Crippen LogP) is 4.08. The lowest BCUT2D eigenvalue weighted by Crippen LogP contribution is -2.49. The normalized spacial score (nSPS) is 16.3. The van der Waals surface area contributed by atoms with Crippen LogP contribution in [-0.4, -0.2) is 56.7 Å². The predicted molar refractivity (Wildman–Crippen MR) is 122 cm³/mol. The fourth-order valence-corrected chi connectivity index (χ4v) is 4.11. The third-order valence-corrected chi connectivity index (χ3v) is 5.99. The number of piperazine rings is 1. The second kappa shape index (κ2) is 8.63. The molecule has 2 aromatic heterocycles. The average Bonchev–Trinajstić information content (AvgIpc) is 3.26. The van der Waals surface area contributed by atoms with Crippen LogP contribution >= 0.6 is 0 Å². The Balaban J connectivity index is 1.52. The number of nitrogens with zero attached hydrogens (tertiary/aromatic N) is 5. The Morgan fingerprint density at radius 2 is 1.71 bits per heavy atom. The van der Waals surface area contributed by atoms with E-state index in [2.05, 4.69) is 43.6 Å². The summed E-state index contributed by atoms with van der Waals surface area (Å²) in [5.74, 6) is 0.0702. The number of pyridine rings is 1. The molecule has 1 aliphatic rings. The molecule has 0 saturated carbocycles. The van der Waals surface area contributed by atoms with Crippen LogP contribution in [0, 0.1) is 0 Å². The summed E-state index contributed by atoms with van der Waals surface area (Å²) >= 11 is 0. The number of carbonyl (C=O) groups excluding carboxylic acids is 1. The van der Waals surface area contributed by atoms with E-state index < -0.39 is 0 Å². The van der Waals surface area contributed by atoms with Gasteiger partial charge in [0.2, 0.25) is 0 Å². The average molecular weight is 418 g/mol. The molecule has 1 saturated heterocycles. The zero-order chi connectivity index (χ0) is 22.0.